The molecule has 1 aliphatic heterocycles. The van der Waals surface area contributed by atoms with Crippen LogP contribution in [0.5, 0.6) is 0 Å². The van der Waals surface area contributed by atoms with Crippen LogP contribution in [-0.2, 0) is 4.74 Å². The largest absolute Gasteiger partial charge is 0.384 e. The number of nitrogens with zero attached hydrogens (tertiary/aromatic N) is 1. The van der Waals surface area contributed by atoms with Gasteiger partial charge >= 0.3 is 0 Å². The van der Waals surface area contributed by atoms with Crippen LogP contribution in [-0.4, -0.2) is 44.3 Å². The Morgan fingerprint density at radius 1 is 1.11 bits per heavy atom. The maximum absolute atomic E-state index is 6.01. The third-order valence-electron chi connectivity index (χ3n) is 4.84. The molecule has 0 aromatic carbocycles. The Balaban J connectivity index is 1.94. The van der Waals surface area contributed by atoms with E-state index >= 15 is 0 Å². The lowest BCUT2D eigenvalue weighted by molar-refractivity contribution is 0.0480. The minimum Gasteiger partial charge on any atom is -0.384 e. The molecule has 1 saturated carbocycles. The molecule has 2 rings (SSSR count). The molecule has 2 N–H and O–H groups in total. The molecule has 0 amide bonds. The zero-order valence-corrected chi connectivity index (χ0v) is 11.9. The van der Waals surface area contributed by atoms with Crippen molar-refractivity contribution in [1.82, 2.24) is 4.90 Å². The van der Waals surface area contributed by atoms with Crippen LogP contribution in [0.25, 0.3) is 0 Å². The second-order valence-electron chi connectivity index (χ2n) is 6.16. The molecule has 106 valence electrons. The van der Waals surface area contributed by atoms with E-state index in [1.54, 1.807) is 0 Å². The predicted octanol–water partition coefficient (Wildman–Crippen LogP) is 2.25. The van der Waals surface area contributed by atoms with Crippen LogP contribution in [0.4, 0.5) is 0 Å². The zero-order valence-electron chi connectivity index (χ0n) is 11.9. The zero-order chi connectivity index (χ0) is 12.8. The average Bonchev–Trinajstić information content (AvgIpc) is 2.64. The monoisotopic (exact) mass is 254 g/mol. The van der Waals surface area contributed by atoms with Gasteiger partial charge in [0.25, 0.3) is 0 Å². The normalized spacial score (nSPS) is 35.3. The van der Waals surface area contributed by atoms with E-state index in [2.05, 4.69) is 4.90 Å². The molecule has 1 aliphatic carbocycles. The summed E-state index contributed by atoms with van der Waals surface area (Å²) in [6, 6.07) is 0.747. The number of ether oxygens (including phenoxy) is 1. The smallest absolute Gasteiger partial charge is 0.0502 e. The summed E-state index contributed by atoms with van der Waals surface area (Å²) in [6.45, 7) is 4.31. The Hall–Kier alpha value is -0.120. The lowest BCUT2D eigenvalue weighted by atomic mass is 9.89. The summed E-state index contributed by atoms with van der Waals surface area (Å²) in [5, 5.41) is 0. The van der Waals surface area contributed by atoms with Gasteiger partial charge in [-0.15, -0.1) is 0 Å². The van der Waals surface area contributed by atoms with Gasteiger partial charge in [-0.3, -0.25) is 4.90 Å². The van der Waals surface area contributed by atoms with Crippen molar-refractivity contribution in [2.45, 2.75) is 51.0 Å². The highest BCUT2D eigenvalue weighted by molar-refractivity contribution is 4.86. The second-order valence-corrected chi connectivity index (χ2v) is 6.16. The van der Waals surface area contributed by atoms with E-state index in [0.29, 0.717) is 0 Å². The van der Waals surface area contributed by atoms with E-state index in [-0.39, 0.29) is 0 Å². The van der Waals surface area contributed by atoms with E-state index in [1.807, 2.05) is 7.11 Å². The highest BCUT2D eigenvalue weighted by Gasteiger charge is 2.31. The van der Waals surface area contributed by atoms with Crippen LogP contribution >= 0.6 is 0 Å². The lowest BCUT2D eigenvalue weighted by Gasteiger charge is -2.41. The van der Waals surface area contributed by atoms with E-state index in [0.717, 1.165) is 31.0 Å². The molecule has 1 heterocycles. The van der Waals surface area contributed by atoms with Crippen LogP contribution in [0.15, 0.2) is 0 Å². The number of nitrogens with two attached hydrogens (primary N) is 1. The van der Waals surface area contributed by atoms with E-state index in [4.69, 9.17) is 10.5 Å². The quantitative estimate of drug-likeness (QED) is 0.782. The first kappa shape index (κ1) is 14.3. The topological polar surface area (TPSA) is 38.5 Å². The number of methoxy groups -OCH3 is 1. The Morgan fingerprint density at radius 2 is 1.94 bits per heavy atom. The summed E-state index contributed by atoms with van der Waals surface area (Å²) in [5.74, 6) is 1.47. The Kier molecular flexibility index (Phi) is 5.93. The van der Waals surface area contributed by atoms with Crippen LogP contribution < -0.4 is 5.73 Å². The SMILES string of the molecule is COCC1CCCN(C2CCCCCC2CN)C1. The van der Waals surface area contributed by atoms with Crippen LogP contribution in [0, 0.1) is 11.8 Å². The van der Waals surface area contributed by atoms with Gasteiger partial charge in [0.05, 0.1) is 6.61 Å². The molecule has 3 heteroatoms. The van der Waals surface area contributed by atoms with Gasteiger partial charge in [0.15, 0.2) is 0 Å². The fourth-order valence-electron chi connectivity index (χ4n) is 3.89. The molecule has 2 aliphatic rings. The molecule has 3 nitrogen and oxygen atoms in total. The Morgan fingerprint density at radius 3 is 2.72 bits per heavy atom. The van der Waals surface area contributed by atoms with E-state index < -0.39 is 0 Å². The molecule has 3 unspecified atom stereocenters. The number of hydrogen-bond acceptors (Lipinski definition) is 3. The van der Waals surface area contributed by atoms with Gasteiger partial charge in [0.2, 0.25) is 0 Å². The number of likely N-dealkylation sites (tertiary alicyclic amines) is 1. The molecule has 2 fully saturated rings. The van der Waals surface area contributed by atoms with Crippen molar-refractivity contribution in [3.8, 4) is 0 Å². The van der Waals surface area contributed by atoms with Crippen LogP contribution in [0.3, 0.4) is 0 Å². The Labute approximate surface area is 112 Å². The molecule has 0 radical (unpaired) electrons. The highest BCUT2D eigenvalue weighted by atomic mass is 16.5. The molecule has 0 bridgehead atoms. The number of hydrogen-bond donors (Lipinski definition) is 1. The van der Waals surface area contributed by atoms with Gasteiger partial charge in [0.1, 0.15) is 0 Å². The van der Waals surface area contributed by atoms with Crippen molar-refractivity contribution in [3.05, 3.63) is 0 Å². The van der Waals surface area contributed by atoms with Gasteiger partial charge < -0.3 is 10.5 Å². The summed E-state index contributed by atoms with van der Waals surface area (Å²) in [4.78, 5) is 2.73. The van der Waals surface area contributed by atoms with Crippen molar-refractivity contribution in [2.75, 3.05) is 33.4 Å². The van der Waals surface area contributed by atoms with Gasteiger partial charge in [-0.05, 0) is 50.6 Å². The predicted molar refractivity (Wildman–Crippen MR) is 75.6 cm³/mol. The second kappa shape index (κ2) is 7.46. The van der Waals surface area contributed by atoms with Gasteiger partial charge in [-0.1, -0.05) is 19.3 Å². The number of rotatable bonds is 4. The fraction of sp³-hybridized carbons (Fsp3) is 1.00. The standard InChI is InChI=1S/C15H30N2O/c1-18-12-13-6-5-9-17(11-13)15-8-4-2-3-7-14(15)10-16/h13-15H,2-12,16H2,1H3. The van der Waals surface area contributed by atoms with Crippen molar-refractivity contribution in [1.29, 1.82) is 0 Å². The Bertz CT molecular complexity index is 233. The summed E-state index contributed by atoms with van der Waals surface area (Å²) in [7, 11) is 1.83. The molecule has 3 atom stereocenters. The first-order valence-electron chi connectivity index (χ1n) is 7.78. The first-order chi connectivity index (χ1) is 8.85. The molecular weight excluding hydrogens is 224 g/mol. The lowest BCUT2D eigenvalue weighted by Crippen LogP contribution is -2.48. The van der Waals surface area contributed by atoms with Crippen LogP contribution in [0.2, 0.25) is 0 Å². The summed E-state index contributed by atoms with van der Waals surface area (Å²) >= 11 is 0. The maximum atomic E-state index is 6.01. The molecule has 18 heavy (non-hydrogen) atoms. The van der Waals surface area contributed by atoms with Crippen molar-refractivity contribution < 1.29 is 4.74 Å². The molecular formula is C15H30N2O. The minimum atomic E-state index is 0.730. The summed E-state index contributed by atoms with van der Waals surface area (Å²) < 4.78 is 5.34. The first-order valence-corrected chi connectivity index (χ1v) is 7.78. The van der Waals surface area contributed by atoms with E-state index in [1.165, 1.54) is 58.0 Å². The van der Waals surface area contributed by atoms with Gasteiger partial charge in [-0.25, -0.2) is 0 Å². The summed E-state index contributed by atoms with van der Waals surface area (Å²) in [5.41, 5.74) is 6.01. The van der Waals surface area contributed by atoms with Crippen molar-refractivity contribution >= 4 is 0 Å². The van der Waals surface area contributed by atoms with Crippen molar-refractivity contribution in [3.63, 3.8) is 0 Å². The molecule has 0 aromatic heterocycles. The fourth-order valence-corrected chi connectivity index (χ4v) is 3.89. The number of piperidine rings is 1. The molecule has 0 spiro atoms. The van der Waals surface area contributed by atoms with E-state index in [9.17, 15) is 0 Å². The summed E-state index contributed by atoms with van der Waals surface area (Å²) in [6.07, 6.45) is 9.56. The molecule has 0 aromatic rings. The average molecular weight is 254 g/mol. The minimum absolute atomic E-state index is 0.730. The highest BCUT2D eigenvalue weighted by Crippen LogP contribution is 2.30. The van der Waals surface area contributed by atoms with Crippen LogP contribution in [0.1, 0.15) is 44.9 Å². The third kappa shape index (κ3) is 3.69. The third-order valence-corrected chi connectivity index (χ3v) is 4.84. The van der Waals surface area contributed by atoms with Gasteiger partial charge in [-0.2, -0.15) is 0 Å². The maximum Gasteiger partial charge on any atom is 0.0502 e. The van der Waals surface area contributed by atoms with Crippen molar-refractivity contribution in [2.24, 2.45) is 17.6 Å². The molecule has 1 saturated heterocycles. The van der Waals surface area contributed by atoms with Gasteiger partial charge in [0, 0.05) is 19.7 Å².